The van der Waals surface area contributed by atoms with Crippen LogP contribution in [0.2, 0.25) is 0 Å². The van der Waals surface area contributed by atoms with E-state index in [4.69, 9.17) is 4.98 Å². The van der Waals surface area contributed by atoms with Crippen molar-refractivity contribution in [2.75, 3.05) is 19.6 Å². The predicted octanol–water partition coefficient (Wildman–Crippen LogP) is 5.15. The number of hydrogen-bond acceptors (Lipinski definition) is 5. The van der Waals surface area contributed by atoms with Crippen LogP contribution in [0.5, 0.6) is 0 Å². The summed E-state index contributed by atoms with van der Waals surface area (Å²) in [5.41, 5.74) is 3.26. The molecule has 0 saturated carbocycles. The van der Waals surface area contributed by atoms with Crippen LogP contribution in [0.1, 0.15) is 60.4 Å². The Kier molecular flexibility index (Phi) is 5.85. The minimum atomic E-state index is -0.324. The molecule has 0 spiro atoms. The van der Waals surface area contributed by atoms with Crippen molar-refractivity contribution in [3.63, 3.8) is 0 Å². The zero-order chi connectivity index (χ0) is 24.6. The van der Waals surface area contributed by atoms with E-state index < -0.39 is 0 Å². The maximum Gasteiger partial charge on any atom is 0.261 e. The summed E-state index contributed by atoms with van der Waals surface area (Å²) in [5.74, 6) is -0.357. The number of thiazole rings is 1. The van der Waals surface area contributed by atoms with Gasteiger partial charge >= 0.3 is 0 Å². The minimum Gasteiger partial charge on any atom is -0.339 e. The number of likely N-dealkylation sites (tertiary alicyclic amines) is 1. The average Bonchev–Trinajstić information content (AvgIpc) is 3.46. The molecule has 2 aliphatic heterocycles. The summed E-state index contributed by atoms with van der Waals surface area (Å²) in [5, 5.41) is 1.14. The van der Waals surface area contributed by atoms with E-state index in [-0.39, 0.29) is 17.7 Å². The van der Waals surface area contributed by atoms with Crippen molar-refractivity contribution in [1.82, 2.24) is 14.8 Å². The highest BCUT2D eigenvalue weighted by Crippen LogP contribution is 2.34. The van der Waals surface area contributed by atoms with Gasteiger partial charge in [0.15, 0.2) is 0 Å². The summed E-state index contributed by atoms with van der Waals surface area (Å²) in [4.78, 5) is 47.1. The number of nitrogens with zero attached hydrogens (tertiary/aromatic N) is 3. The van der Waals surface area contributed by atoms with Crippen LogP contribution in [-0.4, -0.2) is 52.1 Å². The third-order valence-electron chi connectivity index (χ3n) is 7.13. The van der Waals surface area contributed by atoms with Crippen molar-refractivity contribution in [3.8, 4) is 0 Å². The van der Waals surface area contributed by atoms with Crippen molar-refractivity contribution < 1.29 is 14.4 Å². The molecule has 6 rings (SSSR count). The second-order valence-electron chi connectivity index (χ2n) is 9.34. The molecule has 0 radical (unpaired) electrons. The lowest BCUT2D eigenvalue weighted by Gasteiger charge is -2.31. The Morgan fingerprint density at radius 1 is 0.889 bits per heavy atom. The molecule has 180 valence electrons. The van der Waals surface area contributed by atoms with Crippen LogP contribution in [0, 0.1) is 0 Å². The number of para-hydroxylation sites is 1. The normalized spacial score (nSPS) is 16.1. The monoisotopic (exact) mass is 495 g/mol. The molecule has 36 heavy (non-hydrogen) atoms. The van der Waals surface area contributed by atoms with Gasteiger partial charge in [0.1, 0.15) is 0 Å². The second-order valence-corrected chi connectivity index (χ2v) is 10.4. The topological polar surface area (TPSA) is 70.6 Å². The molecule has 6 nitrogen and oxygen atoms in total. The molecule has 3 amide bonds. The van der Waals surface area contributed by atoms with E-state index in [2.05, 4.69) is 6.07 Å². The van der Waals surface area contributed by atoms with E-state index >= 15 is 0 Å². The Morgan fingerprint density at radius 3 is 2.39 bits per heavy atom. The molecule has 1 fully saturated rings. The van der Waals surface area contributed by atoms with E-state index in [0.29, 0.717) is 48.7 Å². The molecule has 2 aliphatic rings. The van der Waals surface area contributed by atoms with Gasteiger partial charge in [-0.2, -0.15) is 0 Å². The maximum absolute atomic E-state index is 13.3. The smallest absolute Gasteiger partial charge is 0.261 e. The largest absolute Gasteiger partial charge is 0.339 e. The molecule has 4 aromatic rings. The molecule has 1 aromatic heterocycles. The van der Waals surface area contributed by atoms with Crippen LogP contribution in [-0.2, 0) is 6.42 Å². The zero-order valence-corrected chi connectivity index (χ0v) is 20.5. The van der Waals surface area contributed by atoms with Crippen molar-refractivity contribution in [1.29, 1.82) is 0 Å². The number of hydrogen-bond donors (Lipinski definition) is 0. The number of fused-ring (bicyclic) bond motifs is 2. The van der Waals surface area contributed by atoms with Gasteiger partial charge in [-0.1, -0.05) is 42.5 Å². The van der Waals surface area contributed by atoms with Crippen LogP contribution in [0.15, 0.2) is 72.8 Å². The van der Waals surface area contributed by atoms with E-state index in [1.54, 1.807) is 29.5 Å². The molecule has 0 bridgehead atoms. The third-order valence-corrected chi connectivity index (χ3v) is 8.33. The fraction of sp³-hybridized carbons (Fsp3) is 0.241. The number of imide groups is 1. The number of benzene rings is 3. The van der Waals surface area contributed by atoms with Crippen molar-refractivity contribution in [3.05, 3.63) is 100 Å². The predicted molar refractivity (Wildman–Crippen MR) is 139 cm³/mol. The van der Waals surface area contributed by atoms with Gasteiger partial charge in [0.2, 0.25) is 0 Å². The Hall–Kier alpha value is -3.84. The first kappa shape index (κ1) is 22.6. The van der Waals surface area contributed by atoms with Gasteiger partial charge in [-0.05, 0) is 55.2 Å². The van der Waals surface area contributed by atoms with Crippen LogP contribution < -0.4 is 0 Å². The SMILES string of the molecule is O=C(c1ccc2c(c1)C(=O)N(CCc1ccccc1)C2=O)N1CCC(c2nc3ccccc3s2)CC1. The van der Waals surface area contributed by atoms with Crippen molar-refractivity contribution in [2.24, 2.45) is 0 Å². The molecule has 0 unspecified atom stereocenters. The molecule has 0 aliphatic carbocycles. The van der Waals surface area contributed by atoms with Crippen LogP contribution in [0.25, 0.3) is 10.2 Å². The quantitative estimate of drug-likeness (QED) is 0.359. The van der Waals surface area contributed by atoms with Gasteiger partial charge in [-0.25, -0.2) is 4.98 Å². The Labute approximate surface area is 213 Å². The van der Waals surface area contributed by atoms with Gasteiger partial charge in [0, 0.05) is 31.1 Å². The Balaban J connectivity index is 1.12. The highest BCUT2D eigenvalue weighted by Gasteiger charge is 2.36. The molecule has 1 saturated heterocycles. The summed E-state index contributed by atoms with van der Waals surface area (Å²) in [6, 6.07) is 22.8. The summed E-state index contributed by atoms with van der Waals surface area (Å²) >= 11 is 1.74. The van der Waals surface area contributed by atoms with Gasteiger partial charge in [0.05, 0.1) is 26.4 Å². The standard InChI is InChI=1S/C29H25N3O3S/c33-27(31-15-13-20(14-16-31)26-30-24-8-4-5-9-25(24)36-26)21-10-11-22-23(18-21)29(35)32(28(22)34)17-12-19-6-2-1-3-7-19/h1-11,18,20H,12-17H2. The van der Waals surface area contributed by atoms with Gasteiger partial charge < -0.3 is 4.90 Å². The number of piperidine rings is 1. The maximum atomic E-state index is 13.3. The highest BCUT2D eigenvalue weighted by molar-refractivity contribution is 7.18. The fourth-order valence-electron chi connectivity index (χ4n) is 5.09. The fourth-order valence-corrected chi connectivity index (χ4v) is 6.23. The molecular formula is C29H25N3O3S. The lowest BCUT2D eigenvalue weighted by molar-refractivity contribution is 0.0655. The van der Waals surface area contributed by atoms with E-state index in [9.17, 15) is 14.4 Å². The Bertz CT molecular complexity index is 1440. The van der Waals surface area contributed by atoms with Crippen molar-refractivity contribution in [2.45, 2.75) is 25.2 Å². The van der Waals surface area contributed by atoms with Gasteiger partial charge in [-0.15, -0.1) is 11.3 Å². The van der Waals surface area contributed by atoms with Crippen molar-refractivity contribution >= 4 is 39.3 Å². The molecule has 3 heterocycles. The molecule has 3 aromatic carbocycles. The summed E-state index contributed by atoms with van der Waals surface area (Å²) in [6.45, 7) is 1.61. The van der Waals surface area contributed by atoms with E-state index in [1.807, 2.05) is 53.4 Å². The Morgan fingerprint density at radius 2 is 1.61 bits per heavy atom. The van der Waals surface area contributed by atoms with Crippen LogP contribution >= 0.6 is 11.3 Å². The summed E-state index contributed by atoms with van der Waals surface area (Å²) in [6.07, 6.45) is 2.32. The van der Waals surface area contributed by atoms with E-state index in [0.717, 1.165) is 28.9 Å². The van der Waals surface area contributed by atoms with Crippen LogP contribution in [0.4, 0.5) is 0 Å². The molecule has 0 atom stereocenters. The summed E-state index contributed by atoms with van der Waals surface area (Å²) in [7, 11) is 0. The summed E-state index contributed by atoms with van der Waals surface area (Å²) < 4.78 is 1.20. The van der Waals surface area contributed by atoms with E-state index in [1.165, 1.54) is 9.60 Å². The number of carbonyl (C=O) groups excluding carboxylic acids is 3. The van der Waals surface area contributed by atoms with Crippen LogP contribution in [0.3, 0.4) is 0 Å². The highest BCUT2D eigenvalue weighted by atomic mass is 32.1. The average molecular weight is 496 g/mol. The second kappa shape index (κ2) is 9.32. The number of aromatic nitrogens is 1. The zero-order valence-electron chi connectivity index (χ0n) is 19.7. The molecule has 7 heteroatoms. The lowest BCUT2D eigenvalue weighted by atomic mass is 9.96. The number of carbonyl (C=O) groups is 3. The lowest BCUT2D eigenvalue weighted by Crippen LogP contribution is -2.38. The number of amides is 3. The first-order chi connectivity index (χ1) is 17.6. The number of rotatable bonds is 5. The third kappa shape index (κ3) is 4.09. The first-order valence-electron chi connectivity index (χ1n) is 12.3. The molecule has 0 N–H and O–H groups in total. The first-order valence-corrected chi connectivity index (χ1v) is 13.1. The van der Waals surface area contributed by atoms with Gasteiger partial charge in [-0.3, -0.25) is 19.3 Å². The minimum absolute atomic E-state index is 0.0939. The molecular weight excluding hydrogens is 470 g/mol. The van der Waals surface area contributed by atoms with Gasteiger partial charge in [0.25, 0.3) is 17.7 Å².